The molecule has 25 heavy (non-hydrogen) atoms. The summed E-state index contributed by atoms with van der Waals surface area (Å²) in [6.07, 6.45) is 0. The smallest absolute Gasteiger partial charge is 0.293 e. The average molecular weight is 403 g/mol. The van der Waals surface area contributed by atoms with Gasteiger partial charge in [-0.3, -0.25) is 19.7 Å². The average Bonchev–Trinajstić information content (AvgIpc) is 2.90. The van der Waals surface area contributed by atoms with Crippen LogP contribution >= 0.6 is 15.9 Å². The monoisotopic (exact) mass is 402 g/mol. The van der Waals surface area contributed by atoms with Crippen molar-refractivity contribution in [1.82, 2.24) is 5.32 Å². The van der Waals surface area contributed by atoms with Crippen LogP contribution in [0.4, 0.5) is 5.69 Å². The van der Waals surface area contributed by atoms with E-state index in [0.29, 0.717) is 11.1 Å². The van der Waals surface area contributed by atoms with Gasteiger partial charge in [-0.15, -0.1) is 0 Å². The summed E-state index contributed by atoms with van der Waals surface area (Å²) < 4.78 is 0.788. The van der Waals surface area contributed by atoms with Crippen LogP contribution in [0.15, 0.2) is 58.6 Å². The van der Waals surface area contributed by atoms with Crippen molar-refractivity contribution in [2.24, 2.45) is 0 Å². The molecule has 2 aromatic rings. The highest BCUT2D eigenvalue weighted by Crippen LogP contribution is 2.34. The second-order valence-electron chi connectivity index (χ2n) is 5.36. The van der Waals surface area contributed by atoms with Crippen molar-refractivity contribution < 1.29 is 19.6 Å². The number of nitrogens with zero attached hydrogens (tertiary/aromatic N) is 1. The van der Waals surface area contributed by atoms with Crippen molar-refractivity contribution in [2.45, 2.75) is 6.04 Å². The molecular weight excluding hydrogens is 392 g/mol. The maximum atomic E-state index is 12.2. The number of nitrogens with one attached hydrogen (secondary N) is 1. The third-order valence-corrected chi connectivity index (χ3v) is 4.33. The minimum absolute atomic E-state index is 0.132. The minimum Gasteiger partial charge on any atom is -0.507 e. The summed E-state index contributed by atoms with van der Waals surface area (Å²) in [6, 6.07) is 11.2. The van der Waals surface area contributed by atoms with Gasteiger partial charge >= 0.3 is 0 Å². The van der Waals surface area contributed by atoms with Crippen LogP contribution in [0.3, 0.4) is 0 Å². The molecule has 1 heterocycles. The van der Waals surface area contributed by atoms with Crippen LogP contribution in [-0.2, 0) is 9.59 Å². The maximum absolute atomic E-state index is 12.2. The molecule has 1 atom stereocenters. The summed E-state index contributed by atoms with van der Waals surface area (Å²) in [4.78, 5) is 34.4. The van der Waals surface area contributed by atoms with Crippen molar-refractivity contribution >= 4 is 39.1 Å². The fraction of sp³-hybridized carbons (Fsp3) is 0.0588. The van der Waals surface area contributed by atoms with Crippen LogP contribution in [0, 0.1) is 10.1 Å². The number of amides is 1. The normalized spacial score (nSPS) is 18.8. The van der Waals surface area contributed by atoms with E-state index in [1.807, 2.05) is 0 Å². The van der Waals surface area contributed by atoms with E-state index in [4.69, 9.17) is 0 Å². The first kappa shape index (κ1) is 16.8. The first-order valence-corrected chi connectivity index (χ1v) is 7.96. The number of ketones is 1. The van der Waals surface area contributed by atoms with Crippen molar-refractivity contribution in [3.63, 3.8) is 0 Å². The lowest BCUT2D eigenvalue weighted by atomic mass is 9.95. The fourth-order valence-corrected chi connectivity index (χ4v) is 2.86. The van der Waals surface area contributed by atoms with Crippen LogP contribution in [-0.4, -0.2) is 21.7 Å². The number of hydrogen-bond acceptors (Lipinski definition) is 5. The summed E-state index contributed by atoms with van der Waals surface area (Å²) >= 11 is 3.27. The van der Waals surface area contributed by atoms with E-state index in [9.17, 15) is 24.8 Å². The number of nitro benzene ring substituents is 1. The highest BCUT2D eigenvalue weighted by molar-refractivity contribution is 9.10. The predicted molar refractivity (Wildman–Crippen MR) is 92.7 cm³/mol. The van der Waals surface area contributed by atoms with E-state index >= 15 is 0 Å². The largest absolute Gasteiger partial charge is 0.507 e. The standard InChI is InChI=1S/C17H11BrN2O5/c18-11-6-4-9(5-7-11)15(21)13-14(19-17(23)16(13)22)10-2-1-3-12(8-10)20(24)25/h1-8,14,21H,(H,19,23). The van der Waals surface area contributed by atoms with Gasteiger partial charge in [0, 0.05) is 22.2 Å². The molecular formula is C17H11BrN2O5. The summed E-state index contributed by atoms with van der Waals surface area (Å²) in [5, 5.41) is 23.9. The Balaban J connectivity index is 2.12. The van der Waals surface area contributed by atoms with Crippen LogP contribution in [0.2, 0.25) is 0 Å². The zero-order valence-corrected chi connectivity index (χ0v) is 14.2. The summed E-state index contributed by atoms with van der Waals surface area (Å²) in [5.41, 5.74) is 0.395. The van der Waals surface area contributed by atoms with Gasteiger partial charge in [0.15, 0.2) is 0 Å². The number of non-ortho nitro benzene ring substituents is 1. The van der Waals surface area contributed by atoms with Gasteiger partial charge in [0.2, 0.25) is 0 Å². The lowest BCUT2D eigenvalue weighted by Gasteiger charge is -2.13. The molecule has 2 aromatic carbocycles. The minimum atomic E-state index is -0.955. The number of halogens is 1. The Morgan fingerprint density at radius 2 is 1.84 bits per heavy atom. The molecule has 1 saturated heterocycles. The van der Waals surface area contributed by atoms with Gasteiger partial charge in [-0.05, 0) is 17.7 Å². The van der Waals surface area contributed by atoms with E-state index in [2.05, 4.69) is 21.2 Å². The van der Waals surface area contributed by atoms with Gasteiger partial charge in [-0.25, -0.2) is 0 Å². The summed E-state index contributed by atoms with van der Waals surface area (Å²) in [6.45, 7) is 0. The molecule has 0 aliphatic carbocycles. The number of carbonyl (C=O) groups is 2. The van der Waals surface area contributed by atoms with Crippen molar-refractivity contribution in [3.05, 3.63) is 79.8 Å². The Labute approximate surface area is 150 Å². The van der Waals surface area contributed by atoms with E-state index in [1.165, 1.54) is 18.2 Å². The topological polar surface area (TPSA) is 110 Å². The molecule has 3 rings (SSSR count). The summed E-state index contributed by atoms with van der Waals surface area (Å²) in [7, 11) is 0. The molecule has 1 aliphatic rings. The molecule has 7 nitrogen and oxygen atoms in total. The SMILES string of the molecule is O=C1NC(c2cccc([N+](=O)[O-])c2)C(=C(O)c2ccc(Br)cc2)C1=O. The Hall–Kier alpha value is -3.00. The predicted octanol–water partition coefficient (Wildman–Crippen LogP) is 3.07. The molecule has 0 spiro atoms. The van der Waals surface area contributed by atoms with E-state index in [-0.39, 0.29) is 17.0 Å². The number of benzene rings is 2. The molecule has 1 fully saturated rings. The zero-order valence-electron chi connectivity index (χ0n) is 12.6. The second-order valence-corrected chi connectivity index (χ2v) is 6.27. The van der Waals surface area contributed by atoms with E-state index in [1.54, 1.807) is 30.3 Å². The molecule has 8 heteroatoms. The van der Waals surface area contributed by atoms with Crippen LogP contribution in [0.1, 0.15) is 17.2 Å². The highest BCUT2D eigenvalue weighted by atomic mass is 79.9. The van der Waals surface area contributed by atoms with E-state index < -0.39 is 22.7 Å². The Morgan fingerprint density at radius 3 is 2.48 bits per heavy atom. The number of aliphatic hydroxyl groups excluding tert-OH is 1. The lowest BCUT2D eigenvalue weighted by Crippen LogP contribution is -2.21. The molecule has 1 aliphatic heterocycles. The Kier molecular flexibility index (Phi) is 4.37. The van der Waals surface area contributed by atoms with Crippen LogP contribution < -0.4 is 5.32 Å². The van der Waals surface area contributed by atoms with Gasteiger partial charge in [-0.1, -0.05) is 40.2 Å². The lowest BCUT2D eigenvalue weighted by molar-refractivity contribution is -0.384. The Morgan fingerprint density at radius 1 is 1.16 bits per heavy atom. The van der Waals surface area contributed by atoms with Crippen molar-refractivity contribution in [3.8, 4) is 0 Å². The molecule has 2 N–H and O–H groups in total. The van der Waals surface area contributed by atoms with Crippen LogP contribution in [0.25, 0.3) is 5.76 Å². The van der Waals surface area contributed by atoms with Gasteiger partial charge in [-0.2, -0.15) is 0 Å². The van der Waals surface area contributed by atoms with Crippen molar-refractivity contribution in [1.29, 1.82) is 0 Å². The fourth-order valence-electron chi connectivity index (χ4n) is 2.60. The molecule has 126 valence electrons. The maximum Gasteiger partial charge on any atom is 0.293 e. The molecule has 1 amide bonds. The van der Waals surface area contributed by atoms with Crippen molar-refractivity contribution in [2.75, 3.05) is 0 Å². The molecule has 0 bridgehead atoms. The second kappa shape index (κ2) is 6.48. The first-order chi connectivity index (χ1) is 11.9. The number of carbonyl (C=O) groups excluding carboxylic acids is 2. The van der Waals surface area contributed by atoms with Gasteiger partial charge in [0.25, 0.3) is 17.4 Å². The number of Topliss-reactive ketones (excluding diaryl/α,β-unsaturated/α-hetero) is 1. The third kappa shape index (κ3) is 3.16. The quantitative estimate of drug-likeness (QED) is 0.269. The molecule has 0 radical (unpaired) electrons. The molecule has 0 saturated carbocycles. The van der Waals surface area contributed by atoms with Gasteiger partial charge in [0.05, 0.1) is 16.5 Å². The first-order valence-electron chi connectivity index (χ1n) is 7.17. The van der Waals surface area contributed by atoms with Crippen LogP contribution in [0.5, 0.6) is 0 Å². The van der Waals surface area contributed by atoms with Gasteiger partial charge in [0.1, 0.15) is 5.76 Å². The zero-order chi connectivity index (χ0) is 18.1. The number of rotatable bonds is 3. The highest BCUT2D eigenvalue weighted by Gasteiger charge is 2.39. The number of aliphatic hydroxyl groups is 1. The van der Waals surface area contributed by atoms with Gasteiger partial charge < -0.3 is 10.4 Å². The molecule has 1 unspecified atom stereocenters. The van der Waals surface area contributed by atoms with E-state index in [0.717, 1.165) is 4.47 Å². The summed E-state index contributed by atoms with van der Waals surface area (Å²) in [5.74, 6) is -2.07. The third-order valence-electron chi connectivity index (χ3n) is 3.80. The number of nitro groups is 1. The number of hydrogen-bond donors (Lipinski definition) is 2. The molecule has 0 aromatic heterocycles. The Bertz CT molecular complexity index is 921.